The number of morpholine rings is 1. The number of nitrogens with zero attached hydrogens (tertiary/aromatic N) is 5. The molecule has 0 saturated carbocycles. The Morgan fingerprint density at radius 2 is 1.89 bits per heavy atom. The molecule has 0 unspecified atom stereocenters. The van der Waals surface area contributed by atoms with E-state index < -0.39 is 0 Å². The molecule has 0 spiro atoms. The molecule has 0 aliphatic carbocycles. The normalized spacial score (nSPS) is 23.4. The molecule has 2 aliphatic heterocycles. The number of benzene rings is 1. The van der Waals surface area contributed by atoms with E-state index in [1.54, 1.807) is 6.20 Å². The van der Waals surface area contributed by atoms with Crippen molar-refractivity contribution in [2.24, 2.45) is 0 Å². The molecule has 2 saturated heterocycles. The van der Waals surface area contributed by atoms with Gasteiger partial charge in [0.2, 0.25) is 0 Å². The lowest BCUT2D eigenvalue weighted by Gasteiger charge is -2.48. The second-order valence-corrected chi connectivity index (χ2v) is 7.27. The van der Waals surface area contributed by atoms with Crippen molar-refractivity contribution in [2.75, 3.05) is 37.7 Å². The number of rotatable bonds is 2. The first-order valence-electron chi connectivity index (χ1n) is 9.52. The fourth-order valence-electron chi connectivity index (χ4n) is 4.29. The highest BCUT2D eigenvalue weighted by Gasteiger charge is 2.37. The van der Waals surface area contributed by atoms with Crippen LogP contribution < -0.4 is 4.90 Å². The molecule has 0 N–H and O–H groups in total. The molecule has 2 fully saturated rings. The lowest BCUT2D eigenvalue weighted by molar-refractivity contribution is -0.0547. The van der Waals surface area contributed by atoms with Crippen molar-refractivity contribution in [1.29, 1.82) is 0 Å². The van der Waals surface area contributed by atoms with Gasteiger partial charge in [-0.1, -0.05) is 30.3 Å². The van der Waals surface area contributed by atoms with Gasteiger partial charge >= 0.3 is 0 Å². The number of hydrogen-bond acceptors (Lipinski definition) is 6. The maximum atomic E-state index is 5.99. The molecule has 0 radical (unpaired) electrons. The smallest absolute Gasteiger partial charge is 0.164 e. The number of aromatic nitrogens is 3. The van der Waals surface area contributed by atoms with Crippen LogP contribution in [-0.4, -0.2) is 58.7 Å². The van der Waals surface area contributed by atoms with Gasteiger partial charge in [-0.15, -0.1) is 0 Å². The molecule has 3 aromatic rings. The van der Waals surface area contributed by atoms with Gasteiger partial charge in [0.25, 0.3) is 0 Å². The largest absolute Gasteiger partial charge is 0.378 e. The predicted octanol–water partition coefficient (Wildman–Crippen LogP) is 2.60. The van der Waals surface area contributed by atoms with Gasteiger partial charge in [-0.3, -0.25) is 4.90 Å². The van der Waals surface area contributed by atoms with Crippen LogP contribution in [0.3, 0.4) is 0 Å². The molecule has 138 valence electrons. The molecule has 2 aromatic heterocycles. The maximum Gasteiger partial charge on any atom is 0.164 e. The van der Waals surface area contributed by atoms with Crippen LogP contribution >= 0.6 is 0 Å². The van der Waals surface area contributed by atoms with E-state index in [2.05, 4.69) is 56.2 Å². The zero-order valence-electron chi connectivity index (χ0n) is 15.5. The van der Waals surface area contributed by atoms with E-state index in [1.165, 1.54) is 5.56 Å². The molecule has 6 nitrogen and oxygen atoms in total. The molecular formula is C21H23N5O. The van der Waals surface area contributed by atoms with Crippen molar-refractivity contribution in [3.8, 4) is 0 Å². The van der Waals surface area contributed by atoms with Crippen LogP contribution in [0.2, 0.25) is 0 Å². The van der Waals surface area contributed by atoms with Crippen LogP contribution in [0.4, 0.5) is 5.82 Å². The summed E-state index contributed by atoms with van der Waals surface area (Å²) in [5.41, 5.74) is 2.10. The van der Waals surface area contributed by atoms with E-state index >= 15 is 0 Å². The zero-order valence-corrected chi connectivity index (χ0v) is 15.5. The van der Waals surface area contributed by atoms with Gasteiger partial charge in [0.1, 0.15) is 11.6 Å². The molecular weight excluding hydrogens is 338 g/mol. The molecule has 0 amide bonds. The highest BCUT2D eigenvalue weighted by atomic mass is 16.5. The van der Waals surface area contributed by atoms with Crippen molar-refractivity contribution >= 4 is 16.9 Å². The van der Waals surface area contributed by atoms with Crippen molar-refractivity contribution in [3.05, 3.63) is 60.0 Å². The SMILES string of the molecule is Cc1nc(N2CCN3[C@@H](COC[C@@H]3c3ccccc3)C2)c2cccnc2n1. The lowest BCUT2D eigenvalue weighted by Crippen LogP contribution is -2.59. The number of anilines is 1. The Hall–Kier alpha value is -2.57. The summed E-state index contributed by atoms with van der Waals surface area (Å²) in [6.45, 7) is 6.31. The Balaban J connectivity index is 1.44. The van der Waals surface area contributed by atoms with Gasteiger partial charge in [0.05, 0.1) is 30.7 Å². The number of ether oxygens (including phenoxy) is 1. The number of aryl methyl sites for hydroxylation is 1. The monoisotopic (exact) mass is 361 g/mol. The van der Waals surface area contributed by atoms with Crippen LogP contribution in [-0.2, 0) is 4.74 Å². The minimum Gasteiger partial charge on any atom is -0.378 e. The van der Waals surface area contributed by atoms with Gasteiger partial charge in [-0.25, -0.2) is 15.0 Å². The van der Waals surface area contributed by atoms with Gasteiger partial charge in [0, 0.05) is 25.8 Å². The van der Waals surface area contributed by atoms with Crippen molar-refractivity contribution in [1.82, 2.24) is 19.9 Å². The minimum absolute atomic E-state index is 0.331. The van der Waals surface area contributed by atoms with Crippen LogP contribution in [0.5, 0.6) is 0 Å². The highest BCUT2D eigenvalue weighted by molar-refractivity contribution is 5.86. The number of piperazine rings is 1. The Kier molecular flexibility index (Phi) is 4.22. The summed E-state index contributed by atoms with van der Waals surface area (Å²) in [6, 6.07) is 15.4. The molecule has 0 bridgehead atoms. The second-order valence-electron chi connectivity index (χ2n) is 7.27. The van der Waals surface area contributed by atoms with E-state index in [9.17, 15) is 0 Å². The number of pyridine rings is 1. The first-order chi connectivity index (χ1) is 13.3. The third kappa shape index (κ3) is 3.05. The summed E-state index contributed by atoms with van der Waals surface area (Å²) in [7, 11) is 0. The topological polar surface area (TPSA) is 54.4 Å². The maximum absolute atomic E-state index is 5.99. The Labute approximate surface area is 158 Å². The number of fused-ring (bicyclic) bond motifs is 2. The van der Waals surface area contributed by atoms with E-state index in [4.69, 9.17) is 9.72 Å². The lowest BCUT2D eigenvalue weighted by atomic mass is 10.00. The van der Waals surface area contributed by atoms with Gasteiger partial charge in [0.15, 0.2) is 5.65 Å². The molecule has 2 atom stereocenters. The van der Waals surface area contributed by atoms with Crippen molar-refractivity contribution < 1.29 is 4.74 Å². The van der Waals surface area contributed by atoms with Gasteiger partial charge < -0.3 is 9.64 Å². The van der Waals surface area contributed by atoms with E-state index in [0.29, 0.717) is 12.1 Å². The summed E-state index contributed by atoms with van der Waals surface area (Å²) in [6.07, 6.45) is 1.79. The summed E-state index contributed by atoms with van der Waals surface area (Å²) in [5, 5.41) is 1.02. The van der Waals surface area contributed by atoms with E-state index in [0.717, 1.165) is 55.5 Å². The molecule has 2 aliphatic rings. The van der Waals surface area contributed by atoms with Crippen LogP contribution in [0, 0.1) is 6.92 Å². The van der Waals surface area contributed by atoms with Crippen molar-refractivity contribution in [3.63, 3.8) is 0 Å². The summed E-state index contributed by atoms with van der Waals surface area (Å²) in [5.74, 6) is 1.76. The third-order valence-electron chi connectivity index (χ3n) is 5.56. The Morgan fingerprint density at radius 3 is 2.78 bits per heavy atom. The van der Waals surface area contributed by atoms with E-state index in [1.807, 2.05) is 13.0 Å². The Bertz CT molecular complexity index is 948. The van der Waals surface area contributed by atoms with Crippen LogP contribution in [0.1, 0.15) is 17.4 Å². The van der Waals surface area contributed by atoms with Gasteiger partial charge in [-0.05, 0) is 24.6 Å². The van der Waals surface area contributed by atoms with Crippen LogP contribution in [0.25, 0.3) is 11.0 Å². The van der Waals surface area contributed by atoms with Crippen LogP contribution in [0.15, 0.2) is 48.7 Å². The summed E-state index contributed by atoms with van der Waals surface area (Å²) < 4.78 is 5.99. The second kappa shape index (κ2) is 6.87. The number of hydrogen-bond donors (Lipinski definition) is 0. The summed E-state index contributed by atoms with van der Waals surface area (Å²) >= 11 is 0. The van der Waals surface area contributed by atoms with Gasteiger partial charge in [-0.2, -0.15) is 0 Å². The quantitative estimate of drug-likeness (QED) is 0.699. The van der Waals surface area contributed by atoms with Crippen molar-refractivity contribution in [2.45, 2.75) is 19.0 Å². The average molecular weight is 361 g/mol. The summed E-state index contributed by atoms with van der Waals surface area (Å²) in [4.78, 5) is 18.6. The minimum atomic E-state index is 0.331. The Morgan fingerprint density at radius 1 is 1.00 bits per heavy atom. The standard InChI is InChI=1S/C21H23N5O/c1-15-23-20-18(8-5-9-22-20)21(24-15)25-10-11-26-17(12-25)13-27-14-19(26)16-6-3-2-4-7-16/h2-9,17,19H,10-14H2,1H3/t17-,19-/m1/s1. The fourth-order valence-corrected chi connectivity index (χ4v) is 4.29. The highest BCUT2D eigenvalue weighted by Crippen LogP contribution is 2.32. The molecule has 1 aromatic carbocycles. The first-order valence-corrected chi connectivity index (χ1v) is 9.52. The molecule has 5 rings (SSSR count). The molecule has 4 heterocycles. The fraction of sp³-hybridized carbons (Fsp3) is 0.381. The first kappa shape index (κ1) is 16.6. The average Bonchev–Trinajstić information content (AvgIpc) is 2.73. The zero-order chi connectivity index (χ0) is 18.2. The predicted molar refractivity (Wildman–Crippen MR) is 105 cm³/mol. The molecule has 6 heteroatoms. The van der Waals surface area contributed by atoms with E-state index in [-0.39, 0.29) is 0 Å². The molecule has 27 heavy (non-hydrogen) atoms. The third-order valence-corrected chi connectivity index (χ3v) is 5.56.